The Bertz CT molecular complexity index is 583. The first-order valence-electron chi connectivity index (χ1n) is 6.87. The molecule has 2 rings (SSSR count). The normalized spacial score (nSPS) is 12.2. The molecule has 3 heteroatoms. The van der Waals surface area contributed by atoms with Gasteiger partial charge in [-0.1, -0.05) is 30.7 Å². The molecule has 1 unspecified atom stereocenters. The molecule has 1 atom stereocenters. The van der Waals surface area contributed by atoms with Crippen molar-refractivity contribution in [3.63, 3.8) is 0 Å². The van der Waals surface area contributed by atoms with E-state index in [1.807, 2.05) is 37.4 Å². The standard InChI is InChI=1S/C17H20ClNO/c1-4-13-10-16(8-9-17(13)18)20-15-7-5-6-14(11-15)12(2)19-3/h5-12,19H,4H2,1-3H3. The molecular weight excluding hydrogens is 270 g/mol. The van der Waals surface area contributed by atoms with E-state index in [9.17, 15) is 0 Å². The first kappa shape index (κ1) is 14.9. The maximum absolute atomic E-state index is 6.12. The van der Waals surface area contributed by atoms with Gasteiger partial charge in [-0.15, -0.1) is 0 Å². The first-order valence-corrected chi connectivity index (χ1v) is 7.25. The van der Waals surface area contributed by atoms with Gasteiger partial charge in [0.1, 0.15) is 11.5 Å². The van der Waals surface area contributed by atoms with Crippen LogP contribution in [0.4, 0.5) is 0 Å². The zero-order valence-electron chi connectivity index (χ0n) is 12.1. The summed E-state index contributed by atoms with van der Waals surface area (Å²) in [5.74, 6) is 1.66. The highest BCUT2D eigenvalue weighted by Crippen LogP contribution is 2.28. The van der Waals surface area contributed by atoms with Gasteiger partial charge in [0.2, 0.25) is 0 Å². The van der Waals surface area contributed by atoms with Gasteiger partial charge in [0.15, 0.2) is 0 Å². The molecule has 0 fully saturated rings. The second-order valence-electron chi connectivity index (χ2n) is 4.79. The van der Waals surface area contributed by atoms with Gasteiger partial charge in [0.05, 0.1) is 0 Å². The summed E-state index contributed by atoms with van der Waals surface area (Å²) in [6, 6.07) is 14.2. The molecule has 2 nitrogen and oxygen atoms in total. The maximum atomic E-state index is 6.12. The van der Waals surface area contributed by atoms with Crippen molar-refractivity contribution < 1.29 is 4.74 Å². The van der Waals surface area contributed by atoms with Crippen LogP contribution in [0, 0.1) is 0 Å². The maximum Gasteiger partial charge on any atom is 0.127 e. The number of aryl methyl sites for hydroxylation is 1. The van der Waals surface area contributed by atoms with Crippen LogP contribution >= 0.6 is 11.6 Å². The van der Waals surface area contributed by atoms with Crippen LogP contribution in [-0.2, 0) is 6.42 Å². The molecule has 0 heterocycles. The topological polar surface area (TPSA) is 21.3 Å². The van der Waals surface area contributed by atoms with Gasteiger partial charge >= 0.3 is 0 Å². The molecule has 2 aromatic rings. The SMILES string of the molecule is CCc1cc(Oc2cccc(C(C)NC)c2)ccc1Cl. The molecule has 0 saturated carbocycles. The van der Waals surface area contributed by atoms with Gasteiger partial charge in [-0.3, -0.25) is 0 Å². The summed E-state index contributed by atoms with van der Waals surface area (Å²) in [7, 11) is 1.95. The predicted octanol–water partition coefficient (Wildman–Crippen LogP) is 4.98. The van der Waals surface area contributed by atoms with Crippen LogP contribution < -0.4 is 10.1 Å². The van der Waals surface area contributed by atoms with Crippen molar-refractivity contribution in [1.29, 1.82) is 0 Å². The van der Waals surface area contributed by atoms with E-state index in [4.69, 9.17) is 16.3 Å². The van der Waals surface area contributed by atoms with Crippen molar-refractivity contribution in [1.82, 2.24) is 5.32 Å². The number of ether oxygens (including phenoxy) is 1. The molecule has 0 aliphatic rings. The minimum atomic E-state index is 0.301. The van der Waals surface area contributed by atoms with Crippen molar-refractivity contribution in [2.24, 2.45) is 0 Å². The van der Waals surface area contributed by atoms with Gasteiger partial charge < -0.3 is 10.1 Å². The highest BCUT2D eigenvalue weighted by atomic mass is 35.5. The largest absolute Gasteiger partial charge is 0.457 e. The van der Waals surface area contributed by atoms with Crippen LogP contribution in [0.1, 0.15) is 31.0 Å². The molecule has 0 radical (unpaired) electrons. The molecule has 0 aliphatic heterocycles. The quantitative estimate of drug-likeness (QED) is 0.838. The highest BCUT2D eigenvalue weighted by Gasteiger charge is 2.06. The molecule has 20 heavy (non-hydrogen) atoms. The van der Waals surface area contributed by atoms with E-state index < -0.39 is 0 Å². The van der Waals surface area contributed by atoms with Crippen molar-refractivity contribution >= 4 is 11.6 Å². The Labute approximate surface area is 125 Å². The molecule has 0 spiro atoms. The van der Waals surface area contributed by atoms with Crippen LogP contribution in [-0.4, -0.2) is 7.05 Å². The summed E-state index contributed by atoms with van der Waals surface area (Å²) >= 11 is 6.12. The van der Waals surface area contributed by atoms with Crippen molar-refractivity contribution in [3.8, 4) is 11.5 Å². The number of rotatable bonds is 5. The summed E-state index contributed by atoms with van der Waals surface area (Å²) in [6.45, 7) is 4.21. The molecule has 106 valence electrons. The highest BCUT2D eigenvalue weighted by molar-refractivity contribution is 6.31. The van der Waals surface area contributed by atoms with E-state index >= 15 is 0 Å². The fourth-order valence-electron chi connectivity index (χ4n) is 2.04. The third kappa shape index (κ3) is 3.53. The summed E-state index contributed by atoms with van der Waals surface area (Å²) in [5, 5.41) is 4.01. The Balaban J connectivity index is 2.21. The monoisotopic (exact) mass is 289 g/mol. The Hall–Kier alpha value is -1.51. The molecule has 0 bridgehead atoms. The van der Waals surface area contributed by atoms with Crippen molar-refractivity contribution in [2.45, 2.75) is 26.3 Å². The van der Waals surface area contributed by atoms with Gasteiger partial charge in [0, 0.05) is 11.1 Å². The summed E-state index contributed by atoms with van der Waals surface area (Å²) < 4.78 is 5.92. The average molecular weight is 290 g/mol. The Morgan fingerprint density at radius 2 is 1.90 bits per heavy atom. The van der Waals surface area contributed by atoms with Crippen LogP contribution in [0.2, 0.25) is 5.02 Å². The molecular formula is C17H20ClNO. The molecule has 0 aliphatic carbocycles. The minimum absolute atomic E-state index is 0.301. The Kier molecular flexibility index (Phi) is 5.05. The lowest BCUT2D eigenvalue weighted by Gasteiger charge is -2.13. The molecule has 0 saturated heterocycles. The lowest BCUT2D eigenvalue weighted by atomic mass is 10.1. The first-order chi connectivity index (χ1) is 9.63. The van der Waals surface area contributed by atoms with Gasteiger partial charge in [-0.2, -0.15) is 0 Å². The van der Waals surface area contributed by atoms with E-state index in [-0.39, 0.29) is 0 Å². The molecule has 0 aromatic heterocycles. The lowest BCUT2D eigenvalue weighted by Crippen LogP contribution is -2.11. The Morgan fingerprint density at radius 1 is 1.15 bits per heavy atom. The number of hydrogen-bond acceptors (Lipinski definition) is 2. The van der Waals surface area contributed by atoms with Crippen LogP contribution in [0.15, 0.2) is 42.5 Å². The zero-order valence-corrected chi connectivity index (χ0v) is 12.9. The van der Waals surface area contributed by atoms with Crippen LogP contribution in [0.3, 0.4) is 0 Å². The summed E-state index contributed by atoms with van der Waals surface area (Å²) in [4.78, 5) is 0. The summed E-state index contributed by atoms with van der Waals surface area (Å²) in [5.41, 5.74) is 2.30. The van der Waals surface area contributed by atoms with E-state index in [0.29, 0.717) is 6.04 Å². The van der Waals surface area contributed by atoms with Crippen LogP contribution in [0.25, 0.3) is 0 Å². The van der Waals surface area contributed by atoms with E-state index in [0.717, 1.165) is 28.5 Å². The molecule has 2 aromatic carbocycles. The zero-order chi connectivity index (χ0) is 14.5. The third-order valence-corrected chi connectivity index (χ3v) is 3.79. The fourth-order valence-corrected chi connectivity index (χ4v) is 2.29. The minimum Gasteiger partial charge on any atom is -0.457 e. The third-order valence-electron chi connectivity index (χ3n) is 3.42. The smallest absolute Gasteiger partial charge is 0.127 e. The number of benzene rings is 2. The fraction of sp³-hybridized carbons (Fsp3) is 0.294. The second kappa shape index (κ2) is 6.78. The van der Waals surface area contributed by atoms with E-state index in [1.54, 1.807) is 0 Å². The van der Waals surface area contributed by atoms with E-state index in [2.05, 4.69) is 31.3 Å². The Morgan fingerprint density at radius 3 is 2.60 bits per heavy atom. The lowest BCUT2D eigenvalue weighted by molar-refractivity contribution is 0.480. The predicted molar refractivity (Wildman–Crippen MR) is 84.8 cm³/mol. The average Bonchev–Trinajstić information content (AvgIpc) is 2.48. The van der Waals surface area contributed by atoms with Crippen LogP contribution in [0.5, 0.6) is 11.5 Å². The number of hydrogen-bond donors (Lipinski definition) is 1. The second-order valence-corrected chi connectivity index (χ2v) is 5.20. The number of nitrogens with one attached hydrogen (secondary N) is 1. The van der Waals surface area contributed by atoms with Crippen molar-refractivity contribution in [2.75, 3.05) is 7.05 Å². The van der Waals surface area contributed by atoms with E-state index in [1.165, 1.54) is 5.56 Å². The summed E-state index contributed by atoms with van der Waals surface area (Å²) in [6.07, 6.45) is 0.896. The molecule has 1 N–H and O–H groups in total. The molecule has 0 amide bonds. The van der Waals surface area contributed by atoms with Gasteiger partial charge in [0.25, 0.3) is 0 Å². The van der Waals surface area contributed by atoms with Gasteiger partial charge in [-0.25, -0.2) is 0 Å². The van der Waals surface area contributed by atoms with Gasteiger partial charge in [-0.05, 0) is 61.9 Å². The number of halogens is 1. The van der Waals surface area contributed by atoms with Crippen molar-refractivity contribution in [3.05, 3.63) is 58.6 Å².